The van der Waals surface area contributed by atoms with Crippen molar-refractivity contribution in [3.05, 3.63) is 34.3 Å². The summed E-state index contributed by atoms with van der Waals surface area (Å²) < 4.78 is 0. The summed E-state index contributed by atoms with van der Waals surface area (Å²) in [7, 11) is 0. The number of likely N-dealkylation sites (tertiary alicyclic amines) is 1. The molecular weight excluding hydrogens is 238 g/mol. The minimum atomic E-state index is -0.0400. The van der Waals surface area contributed by atoms with Crippen molar-refractivity contribution in [2.45, 2.75) is 25.8 Å². The number of carbonyl (C=O) groups excluding carboxylic acids is 1. The van der Waals surface area contributed by atoms with Gasteiger partial charge in [0.05, 0.1) is 12.6 Å². The van der Waals surface area contributed by atoms with Crippen LogP contribution in [0.2, 0.25) is 5.02 Å². The van der Waals surface area contributed by atoms with Crippen LogP contribution in [0.3, 0.4) is 0 Å². The predicted molar refractivity (Wildman–Crippen MR) is 67.3 cm³/mol. The van der Waals surface area contributed by atoms with Crippen LogP contribution in [0.5, 0.6) is 0 Å². The molecule has 4 heteroatoms. The second-order valence-electron chi connectivity index (χ2n) is 4.49. The first-order chi connectivity index (χ1) is 8.11. The summed E-state index contributed by atoms with van der Waals surface area (Å²) in [5.74, 6) is -0.0350. The van der Waals surface area contributed by atoms with Gasteiger partial charge in [-0.2, -0.15) is 0 Å². The molecule has 0 bridgehead atoms. The predicted octanol–water partition coefficient (Wildman–Crippen LogP) is 2.25. The van der Waals surface area contributed by atoms with E-state index in [1.165, 1.54) is 0 Å². The number of hydrogen-bond donors (Lipinski definition) is 1. The number of amides is 1. The minimum Gasteiger partial charge on any atom is -0.394 e. The van der Waals surface area contributed by atoms with Gasteiger partial charge in [0.1, 0.15) is 0 Å². The van der Waals surface area contributed by atoms with E-state index in [4.69, 9.17) is 11.6 Å². The third-order valence-corrected chi connectivity index (χ3v) is 3.36. The number of aryl methyl sites for hydroxylation is 1. The van der Waals surface area contributed by atoms with Gasteiger partial charge in [-0.05, 0) is 43.5 Å². The van der Waals surface area contributed by atoms with Gasteiger partial charge in [-0.1, -0.05) is 11.6 Å². The first-order valence-corrected chi connectivity index (χ1v) is 6.18. The van der Waals surface area contributed by atoms with E-state index in [1.807, 2.05) is 19.1 Å². The highest BCUT2D eigenvalue weighted by Gasteiger charge is 2.28. The van der Waals surface area contributed by atoms with E-state index in [2.05, 4.69) is 0 Å². The fourth-order valence-corrected chi connectivity index (χ4v) is 2.61. The van der Waals surface area contributed by atoms with Gasteiger partial charge in [-0.3, -0.25) is 4.79 Å². The van der Waals surface area contributed by atoms with Crippen LogP contribution in [-0.2, 0) is 0 Å². The molecule has 1 fully saturated rings. The normalized spacial score (nSPS) is 19.7. The van der Waals surface area contributed by atoms with Crippen molar-refractivity contribution in [2.75, 3.05) is 13.2 Å². The van der Waals surface area contributed by atoms with Crippen molar-refractivity contribution in [2.24, 2.45) is 0 Å². The Morgan fingerprint density at radius 1 is 1.53 bits per heavy atom. The van der Waals surface area contributed by atoms with Crippen LogP contribution in [0, 0.1) is 6.92 Å². The molecule has 1 aliphatic rings. The number of aliphatic hydroxyl groups excluding tert-OH is 1. The average molecular weight is 254 g/mol. The smallest absolute Gasteiger partial charge is 0.254 e. The van der Waals surface area contributed by atoms with Crippen LogP contribution < -0.4 is 0 Å². The number of aliphatic hydroxyl groups is 1. The summed E-state index contributed by atoms with van der Waals surface area (Å²) in [6, 6.07) is 5.30. The van der Waals surface area contributed by atoms with Gasteiger partial charge in [-0.15, -0.1) is 0 Å². The van der Waals surface area contributed by atoms with Gasteiger partial charge in [0.15, 0.2) is 0 Å². The first-order valence-electron chi connectivity index (χ1n) is 5.81. The van der Waals surface area contributed by atoms with E-state index in [-0.39, 0.29) is 18.6 Å². The zero-order valence-electron chi connectivity index (χ0n) is 9.82. The molecule has 1 aromatic carbocycles. The van der Waals surface area contributed by atoms with E-state index in [0.29, 0.717) is 10.6 Å². The standard InChI is InChI=1S/C13H16ClNO2/c1-9-5-10(7-11(14)6-9)13(17)15-4-2-3-12(15)8-16/h5-7,12,16H,2-4,8H2,1H3/t12-/m1/s1. The lowest BCUT2D eigenvalue weighted by atomic mass is 10.1. The van der Waals surface area contributed by atoms with Crippen molar-refractivity contribution < 1.29 is 9.90 Å². The topological polar surface area (TPSA) is 40.5 Å². The molecule has 1 aromatic rings. The van der Waals surface area contributed by atoms with Gasteiger partial charge >= 0.3 is 0 Å². The zero-order valence-corrected chi connectivity index (χ0v) is 10.6. The fourth-order valence-electron chi connectivity index (χ4n) is 2.32. The third-order valence-electron chi connectivity index (χ3n) is 3.14. The maximum absolute atomic E-state index is 12.3. The molecule has 17 heavy (non-hydrogen) atoms. The fraction of sp³-hybridized carbons (Fsp3) is 0.462. The molecule has 1 atom stereocenters. The quantitative estimate of drug-likeness (QED) is 0.878. The average Bonchev–Trinajstić information content (AvgIpc) is 2.74. The van der Waals surface area contributed by atoms with Crippen molar-refractivity contribution in [3.8, 4) is 0 Å². The number of benzene rings is 1. The van der Waals surface area contributed by atoms with Gasteiger partial charge in [0.25, 0.3) is 5.91 Å². The van der Waals surface area contributed by atoms with Crippen molar-refractivity contribution in [1.82, 2.24) is 4.90 Å². The first kappa shape index (κ1) is 12.4. The molecule has 0 aromatic heterocycles. The Bertz CT molecular complexity index is 413. The van der Waals surface area contributed by atoms with E-state index in [9.17, 15) is 9.90 Å². The van der Waals surface area contributed by atoms with E-state index in [1.54, 1.807) is 11.0 Å². The van der Waals surface area contributed by atoms with E-state index in [0.717, 1.165) is 24.9 Å². The Morgan fingerprint density at radius 2 is 2.29 bits per heavy atom. The summed E-state index contributed by atoms with van der Waals surface area (Å²) >= 11 is 5.95. The number of hydrogen-bond acceptors (Lipinski definition) is 2. The van der Waals surface area contributed by atoms with Gasteiger partial charge in [-0.25, -0.2) is 0 Å². The lowest BCUT2D eigenvalue weighted by molar-refractivity contribution is 0.0677. The Kier molecular flexibility index (Phi) is 3.69. The van der Waals surface area contributed by atoms with Crippen molar-refractivity contribution in [3.63, 3.8) is 0 Å². The molecular formula is C13H16ClNO2. The molecule has 0 spiro atoms. The molecule has 2 rings (SSSR count). The number of rotatable bonds is 2. The van der Waals surface area contributed by atoms with Gasteiger partial charge < -0.3 is 10.0 Å². The summed E-state index contributed by atoms with van der Waals surface area (Å²) in [4.78, 5) is 14.0. The summed E-state index contributed by atoms with van der Waals surface area (Å²) in [5.41, 5.74) is 1.58. The molecule has 0 saturated carbocycles. The number of halogens is 1. The van der Waals surface area contributed by atoms with E-state index >= 15 is 0 Å². The molecule has 0 radical (unpaired) electrons. The summed E-state index contributed by atoms with van der Waals surface area (Å²) in [6.07, 6.45) is 1.83. The maximum atomic E-state index is 12.3. The Balaban J connectivity index is 2.24. The maximum Gasteiger partial charge on any atom is 0.254 e. The van der Waals surface area contributed by atoms with Crippen LogP contribution >= 0.6 is 11.6 Å². The Hall–Kier alpha value is -1.06. The molecule has 1 amide bonds. The number of nitrogens with zero attached hydrogens (tertiary/aromatic N) is 1. The summed E-state index contributed by atoms with van der Waals surface area (Å²) in [6.45, 7) is 2.66. The highest BCUT2D eigenvalue weighted by atomic mass is 35.5. The Labute approximate surface area is 106 Å². The highest BCUT2D eigenvalue weighted by Crippen LogP contribution is 2.22. The monoisotopic (exact) mass is 253 g/mol. The molecule has 1 aliphatic heterocycles. The number of carbonyl (C=O) groups is 1. The third kappa shape index (κ3) is 2.61. The van der Waals surface area contributed by atoms with Crippen LogP contribution in [0.25, 0.3) is 0 Å². The SMILES string of the molecule is Cc1cc(Cl)cc(C(=O)N2CCC[C@@H]2CO)c1. The molecule has 3 nitrogen and oxygen atoms in total. The molecule has 0 aliphatic carbocycles. The molecule has 1 heterocycles. The molecule has 0 unspecified atom stereocenters. The van der Waals surface area contributed by atoms with E-state index < -0.39 is 0 Å². The summed E-state index contributed by atoms with van der Waals surface area (Å²) in [5, 5.41) is 9.80. The lowest BCUT2D eigenvalue weighted by Gasteiger charge is -2.23. The van der Waals surface area contributed by atoms with Crippen LogP contribution in [0.4, 0.5) is 0 Å². The minimum absolute atomic E-state index is 0.0330. The second-order valence-corrected chi connectivity index (χ2v) is 4.93. The lowest BCUT2D eigenvalue weighted by Crippen LogP contribution is -2.37. The zero-order chi connectivity index (χ0) is 12.4. The Morgan fingerprint density at radius 3 is 2.94 bits per heavy atom. The van der Waals surface area contributed by atoms with Gasteiger partial charge in [0.2, 0.25) is 0 Å². The molecule has 1 N–H and O–H groups in total. The van der Waals surface area contributed by atoms with Crippen molar-refractivity contribution >= 4 is 17.5 Å². The van der Waals surface area contributed by atoms with Gasteiger partial charge in [0, 0.05) is 17.1 Å². The molecule has 92 valence electrons. The largest absolute Gasteiger partial charge is 0.394 e. The van der Waals surface area contributed by atoms with Crippen molar-refractivity contribution in [1.29, 1.82) is 0 Å². The van der Waals surface area contributed by atoms with Crippen LogP contribution in [-0.4, -0.2) is 35.1 Å². The highest BCUT2D eigenvalue weighted by molar-refractivity contribution is 6.31. The molecule has 1 saturated heterocycles. The van der Waals surface area contributed by atoms with Crippen LogP contribution in [0.1, 0.15) is 28.8 Å². The second kappa shape index (κ2) is 5.07. The van der Waals surface area contributed by atoms with Crippen LogP contribution in [0.15, 0.2) is 18.2 Å².